The second kappa shape index (κ2) is 6.66. The quantitative estimate of drug-likeness (QED) is 0.890. The summed E-state index contributed by atoms with van der Waals surface area (Å²) in [5.74, 6) is 0. The number of benzene rings is 1. The summed E-state index contributed by atoms with van der Waals surface area (Å²) < 4.78 is 24.6. The number of rotatable bonds is 3. The lowest BCUT2D eigenvalue weighted by atomic mass is 10.1. The molecule has 1 heterocycles. The highest BCUT2D eigenvalue weighted by atomic mass is 32.2. The number of piperidine rings is 1. The average Bonchev–Trinajstić information content (AvgIpc) is 2.43. The molecule has 0 unspecified atom stereocenters. The van der Waals surface area contributed by atoms with E-state index in [1.165, 1.54) is 10.6 Å². The Morgan fingerprint density at radius 1 is 1.32 bits per heavy atom. The summed E-state index contributed by atoms with van der Waals surface area (Å²) in [4.78, 5) is 12.1. The number of carbonyl (C=O) groups excluding carboxylic acids is 1. The molecular formula is C15H23N3O3S. The third-order valence-corrected chi connectivity index (χ3v) is 5.31. The van der Waals surface area contributed by atoms with Crippen molar-refractivity contribution in [2.24, 2.45) is 0 Å². The molecule has 0 spiro atoms. The summed E-state index contributed by atoms with van der Waals surface area (Å²) in [7, 11) is -3.20. The van der Waals surface area contributed by atoms with Crippen molar-refractivity contribution < 1.29 is 13.2 Å². The zero-order valence-corrected chi connectivity index (χ0v) is 14.0. The normalized spacial score (nSPS) is 19.7. The first-order chi connectivity index (χ1) is 10.3. The lowest BCUT2D eigenvalue weighted by Gasteiger charge is -2.31. The number of carbonyl (C=O) groups is 1. The first-order valence-corrected chi connectivity index (χ1v) is 9.21. The fourth-order valence-corrected chi connectivity index (χ4v) is 3.50. The Labute approximate surface area is 131 Å². The number of anilines is 1. The van der Waals surface area contributed by atoms with Crippen molar-refractivity contribution in [2.75, 3.05) is 24.7 Å². The molecule has 6 nitrogen and oxygen atoms in total. The maximum absolute atomic E-state index is 12.1. The minimum atomic E-state index is -3.20. The highest BCUT2D eigenvalue weighted by molar-refractivity contribution is 7.88. The van der Waals surface area contributed by atoms with Crippen molar-refractivity contribution in [1.29, 1.82) is 0 Å². The van der Waals surface area contributed by atoms with Crippen LogP contribution in [-0.2, 0) is 10.0 Å². The Balaban J connectivity index is 1.96. The molecule has 2 N–H and O–H groups in total. The third-order valence-electron chi connectivity index (χ3n) is 4.04. The maximum Gasteiger partial charge on any atom is 0.319 e. The minimum absolute atomic E-state index is 0.159. The number of sulfonamides is 1. The molecule has 1 aliphatic heterocycles. The molecule has 7 heteroatoms. The maximum atomic E-state index is 12.1. The summed E-state index contributed by atoms with van der Waals surface area (Å²) in [6.45, 7) is 4.80. The molecule has 0 bridgehead atoms. The number of hydrogen-bond acceptors (Lipinski definition) is 3. The van der Waals surface area contributed by atoms with Crippen LogP contribution in [0.4, 0.5) is 10.5 Å². The molecule has 1 atom stereocenters. The lowest BCUT2D eigenvalue weighted by molar-refractivity contribution is 0.236. The van der Waals surface area contributed by atoms with E-state index in [2.05, 4.69) is 10.6 Å². The van der Waals surface area contributed by atoms with Gasteiger partial charge in [0.2, 0.25) is 10.0 Å². The van der Waals surface area contributed by atoms with Crippen molar-refractivity contribution in [3.63, 3.8) is 0 Å². The van der Waals surface area contributed by atoms with Crippen molar-refractivity contribution in [3.05, 3.63) is 29.3 Å². The van der Waals surface area contributed by atoms with Gasteiger partial charge < -0.3 is 10.6 Å². The van der Waals surface area contributed by atoms with Crippen LogP contribution in [0.25, 0.3) is 0 Å². The molecule has 0 saturated carbocycles. The van der Waals surface area contributed by atoms with Crippen LogP contribution in [0.15, 0.2) is 18.2 Å². The summed E-state index contributed by atoms with van der Waals surface area (Å²) in [6.07, 6.45) is 2.74. The summed E-state index contributed by atoms with van der Waals surface area (Å²) in [5.41, 5.74) is 2.91. The molecule has 0 aromatic heterocycles. The van der Waals surface area contributed by atoms with Crippen LogP contribution in [0.1, 0.15) is 24.0 Å². The van der Waals surface area contributed by atoms with Crippen LogP contribution in [0.3, 0.4) is 0 Å². The predicted molar refractivity (Wildman–Crippen MR) is 87.5 cm³/mol. The molecule has 122 valence electrons. The zero-order chi connectivity index (χ0) is 16.3. The van der Waals surface area contributed by atoms with Crippen molar-refractivity contribution in [1.82, 2.24) is 9.62 Å². The van der Waals surface area contributed by atoms with Gasteiger partial charge in [-0.15, -0.1) is 0 Å². The van der Waals surface area contributed by atoms with Gasteiger partial charge in [0.15, 0.2) is 0 Å². The van der Waals surface area contributed by atoms with E-state index in [9.17, 15) is 13.2 Å². The van der Waals surface area contributed by atoms with E-state index in [4.69, 9.17) is 0 Å². The van der Waals surface area contributed by atoms with Gasteiger partial charge in [-0.2, -0.15) is 0 Å². The monoisotopic (exact) mass is 325 g/mol. The Morgan fingerprint density at radius 3 is 2.73 bits per heavy atom. The Bertz CT molecular complexity index is 658. The molecule has 22 heavy (non-hydrogen) atoms. The van der Waals surface area contributed by atoms with Crippen LogP contribution >= 0.6 is 0 Å². The van der Waals surface area contributed by atoms with Crippen molar-refractivity contribution in [3.8, 4) is 0 Å². The number of amides is 2. The molecule has 2 rings (SSSR count). The molecule has 1 aliphatic rings. The largest absolute Gasteiger partial charge is 0.334 e. The highest BCUT2D eigenvalue weighted by Gasteiger charge is 2.26. The summed E-state index contributed by atoms with van der Waals surface area (Å²) in [5, 5.41) is 5.69. The fraction of sp³-hybridized carbons (Fsp3) is 0.533. The van der Waals surface area contributed by atoms with Crippen molar-refractivity contribution in [2.45, 2.75) is 32.7 Å². The number of nitrogens with zero attached hydrogens (tertiary/aromatic N) is 1. The molecule has 1 saturated heterocycles. The van der Waals surface area contributed by atoms with E-state index in [1.54, 1.807) is 0 Å². The molecular weight excluding hydrogens is 302 g/mol. The fourth-order valence-electron chi connectivity index (χ4n) is 2.59. The smallest absolute Gasteiger partial charge is 0.319 e. The summed E-state index contributed by atoms with van der Waals surface area (Å²) in [6, 6.07) is 5.28. The molecule has 2 amide bonds. The van der Waals surface area contributed by atoms with E-state index in [0.717, 1.165) is 29.7 Å². The van der Waals surface area contributed by atoms with Gasteiger partial charge in [0, 0.05) is 24.8 Å². The molecule has 1 fully saturated rings. The van der Waals surface area contributed by atoms with E-state index in [-0.39, 0.29) is 12.1 Å². The van der Waals surface area contributed by atoms with Crippen LogP contribution in [-0.4, -0.2) is 44.1 Å². The minimum Gasteiger partial charge on any atom is -0.334 e. The standard InChI is InChI=1S/C15H23N3O3S/c1-11-6-4-8-14(12(11)2)17-15(19)16-13-7-5-9-18(10-13)22(3,20)21/h4,6,8,13H,5,7,9-10H2,1-3H3,(H2,16,17,19)/t13-/m0/s1. The van der Waals surface area contributed by atoms with Crippen LogP contribution in [0.5, 0.6) is 0 Å². The van der Waals surface area contributed by atoms with Gasteiger partial charge in [0.05, 0.1) is 6.26 Å². The van der Waals surface area contributed by atoms with Crippen LogP contribution < -0.4 is 10.6 Å². The topological polar surface area (TPSA) is 78.5 Å². The van der Waals surface area contributed by atoms with Crippen LogP contribution in [0.2, 0.25) is 0 Å². The molecule has 0 radical (unpaired) electrons. The third kappa shape index (κ3) is 4.20. The Kier molecular flexibility index (Phi) is 5.08. The highest BCUT2D eigenvalue weighted by Crippen LogP contribution is 2.18. The number of urea groups is 1. The molecule has 1 aromatic carbocycles. The molecule has 1 aromatic rings. The van der Waals surface area contributed by atoms with E-state index in [0.29, 0.717) is 13.1 Å². The van der Waals surface area contributed by atoms with E-state index >= 15 is 0 Å². The van der Waals surface area contributed by atoms with Gasteiger partial charge in [-0.1, -0.05) is 12.1 Å². The first kappa shape index (κ1) is 16.8. The zero-order valence-electron chi connectivity index (χ0n) is 13.2. The first-order valence-electron chi connectivity index (χ1n) is 7.36. The van der Waals surface area contributed by atoms with Gasteiger partial charge in [-0.25, -0.2) is 17.5 Å². The molecule has 0 aliphatic carbocycles. The lowest BCUT2D eigenvalue weighted by Crippen LogP contribution is -2.50. The SMILES string of the molecule is Cc1cccc(NC(=O)N[C@H]2CCCN(S(C)(=O)=O)C2)c1C. The number of aryl methyl sites for hydroxylation is 1. The van der Waals surface area contributed by atoms with Gasteiger partial charge >= 0.3 is 6.03 Å². The van der Waals surface area contributed by atoms with E-state index < -0.39 is 10.0 Å². The second-order valence-electron chi connectivity index (χ2n) is 5.81. The van der Waals surface area contributed by atoms with Gasteiger partial charge in [-0.3, -0.25) is 0 Å². The number of hydrogen-bond donors (Lipinski definition) is 2. The second-order valence-corrected chi connectivity index (χ2v) is 7.79. The van der Waals surface area contributed by atoms with Gasteiger partial charge in [-0.05, 0) is 43.9 Å². The summed E-state index contributed by atoms with van der Waals surface area (Å²) >= 11 is 0. The Morgan fingerprint density at radius 2 is 2.05 bits per heavy atom. The average molecular weight is 325 g/mol. The van der Waals surface area contributed by atoms with Gasteiger partial charge in [0.25, 0.3) is 0 Å². The van der Waals surface area contributed by atoms with E-state index in [1.807, 2.05) is 32.0 Å². The number of nitrogens with one attached hydrogen (secondary N) is 2. The predicted octanol–water partition coefficient (Wildman–Crippen LogP) is 1.85. The van der Waals surface area contributed by atoms with Crippen molar-refractivity contribution >= 4 is 21.7 Å². The van der Waals surface area contributed by atoms with Gasteiger partial charge in [0.1, 0.15) is 0 Å². The van der Waals surface area contributed by atoms with Crippen LogP contribution in [0, 0.1) is 13.8 Å². The Hall–Kier alpha value is -1.60.